The SMILES string of the molecule is CCCCCCCCCCCCCCCCCCCCCC[CH]N(C)C. The van der Waals surface area contributed by atoms with Gasteiger partial charge in [0.15, 0.2) is 0 Å². The van der Waals surface area contributed by atoms with Gasteiger partial charge in [0.05, 0.1) is 0 Å². The van der Waals surface area contributed by atoms with Gasteiger partial charge >= 0.3 is 0 Å². The Bertz CT molecular complexity index is 236. The van der Waals surface area contributed by atoms with E-state index in [1.54, 1.807) is 0 Å². The van der Waals surface area contributed by atoms with E-state index in [0.29, 0.717) is 0 Å². The van der Waals surface area contributed by atoms with Crippen LogP contribution >= 0.6 is 0 Å². The maximum absolute atomic E-state index is 2.30. The highest BCUT2D eigenvalue weighted by atomic mass is 15.0. The predicted octanol–water partition coefficient (Wildman–Crippen LogP) is 8.92. The zero-order valence-corrected chi connectivity index (χ0v) is 18.9. The Kier molecular flexibility index (Phi) is 23.0. The lowest BCUT2D eigenvalue weighted by Gasteiger charge is -2.07. The standard InChI is InChI=1S/C25H52N/c1-4-5-6-7-8-9-10-11-12-13-14-15-16-17-18-19-20-21-22-23-24-25-26(2)3/h25H,4-24H2,1-3H3. The minimum Gasteiger partial charge on any atom is -0.305 e. The summed E-state index contributed by atoms with van der Waals surface area (Å²) in [6.07, 6.45) is 30.5. The van der Waals surface area contributed by atoms with E-state index in [1.807, 2.05) is 0 Å². The lowest BCUT2D eigenvalue weighted by molar-refractivity contribution is 0.460. The summed E-state index contributed by atoms with van der Waals surface area (Å²) in [4.78, 5) is 2.18. The van der Waals surface area contributed by atoms with Crippen molar-refractivity contribution in [1.29, 1.82) is 0 Å². The van der Waals surface area contributed by atoms with Crippen LogP contribution in [0.3, 0.4) is 0 Å². The Balaban J connectivity index is 2.97. The molecule has 0 amide bonds. The van der Waals surface area contributed by atoms with Gasteiger partial charge in [-0.2, -0.15) is 0 Å². The third-order valence-corrected chi connectivity index (χ3v) is 5.55. The van der Waals surface area contributed by atoms with Crippen molar-refractivity contribution in [2.24, 2.45) is 0 Å². The summed E-state index contributed by atoms with van der Waals surface area (Å²) in [6, 6.07) is 0. The first-order valence-corrected chi connectivity index (χ1v) is 12.3. The Morgan fingerprint density at radius 3 is 0.962 bits per heavy atom. The van der Waals surface area contributed by atoms with E-state index in [4.69, 9.17) is 0 Å². The van der Waals surface area contributed by atoms with Gasteiger partial charge in [0.1, 0.15) is 0 Å². The number of rotatable bonds is 22. The van der Waals surface area contributed by atoms with Crippen LogP contribution in [0.2, 0.25) is 0 Å². The van der Waals surface area contributed by atoms with Gasteiger partial charge in [-0.3, -0.25) is 0 Å². The molecule has 0 bridgehead atoms. The van der Waals surface area contributed by atoms with Crippen LogP contribution < -0.4 is 0 Å². The molecule has 26 heavy (non-hydrogen) atoms. The van der Waals surface area contributed by atoms with Crippen LogP contribution in [0.4, 0.5) is 0 Å². The third-order valence-electron chi connectivity index (χ3n) is 5.55. The zero-order valence-electron chi connectivity index (χ0n) is 18.9. The highest BCUT2D eigenvalue weighted by molar-refractivity contribution is 4.60. The van der Waals surface area contributed by atoms with Gasteiger partial charge in [-0.25, -0.2) is 0 Å². The fourth-order valence-electron chi connectivity index (χ4n) is 3.75. The van der Waals surface area contributed by atoms with E-state index in [-0.39, 0.29) is 0 Å². The van der Waals surface area contributed by atoms with E-state index >= 15 is 0 Å². The maximum Gasteiger partial charge on any atom is 0.0245 e. The van der Waals surface area contributed by atoms with Crippen LogP contribution in [0.25, 0.3) is 0 Å². The topological polar surface area (TPSA) is 3.24 Å². The fourth-order valence-corrected chi connectivity index (χ4v) is 3.75. The summed E-state index contributed by atoms with van der Waals surface area (Å²) in [5.74, 6) is 0. The van der Waals surface area contributed by atoms with Crippen LogP contribution in [0.15, 0.2) is 0 Å². The minimum atomic E-state index is 1.26. The molecule has 0 N–H and O–H groups in total. The molecule has 157 valence electrons. The zero-order chi connectivity index (χ0) is 19.1. The quantitative estimate of drug-likeness (QED) is 0.173. The highest BCUT2D eigenvalue weighted by Gasteiger charge is 1.96. The van der Waals surface area contributed by atoms with Gasteiger partial charge in [0, 0.05) is 6.54 Å². The number of unbranched alkanes of at least 4 members (excludes halogenated alkanes) is 20. The van der Waals surface area contributed by atoms with E-state index in [2.05, 4.69) is 32.5 Å². The Morgan fingerprint density at radius 1 is 0.423 bits per heavy atom. The molecule has 0 atom stereocenters. The second kappa shape index (κ2) is 23.0. The van der Waals surface area contributed by atoms with Crippen LogP contribution in [0, 0.1) is 6.54 Å². The van der Waals surface area contributed by atoms with E-state index < -0.39 is 0 Å². The Morgan fingerprint density at radius 2 is 0.692 bits per heavy atom. The lowest BCUT2D eigenvalue weighted by atomic mass is 10.0. The molecular weight excluding hydrogens is 314 g/mol. The Labute approximate surface area is 167 Å². The summed E-state index contributed by atoms with van der Waals surface area (Å²) in [6.45, 7) is 4.60. The van der Waals surface area contributed by atoms with Crippen LogP contribution in [-0.2, 0) is 0 Å². The summed E-state index contributed by atoms with van der Waals surface area (Å²) < 4.78 is 0. The van der Waals surface area contributed by atoms with Crippen molar-refractivity contribution in [1.82, 2.24) is 4.90 Å². The number of nitrogens with zero attached hydrogens (tertiary/aromatic N) is 1. The van der Waals surface area contributed by atoms with Gasteiger partial charge in [0.25, 0.3) is 0 Å². The van der Waals surface area contributed by atoms with Crippen LogP contribution in [0.5, 0.6) is 0 Å². The largest absolute Gasteiger partial charge is 0.305 e. The first-order valence-electron chi connectivity index (χ1n) is 12.3. The molecule has 0 aliphatic carbocycles. The van der Waals surface area contributed by atoms with Gasteiger partial charge in [0.2, 0.25) is 0 Å². The van der Waals surface area contributed by atoms with Crippen LogP contribution in [-0.4, -0.2) is 19.0 Å². The fraction of sp³-hybridized carbons (Fsp3) is 0.960. The Hall–Kier alpha value is -0.0400. The van der Waals surface area contributed by atoms with Crippen molar-refractivity contribution in [3.63, 3.8) is 0 Å². The van der Waals surface area contributed by atoms with E-state index in [1.165, 1.54) is 135 Å². The summed E-state index contributed by atoms with van der Waals surface area (Å²) >= 11 is 0. The molecule has 0 aliphatic rings. The molecule has 0 rings (SSSR count). The molecule has 0 aliphatic heterocycles. The molecule has 0 saturated carbocycles. The normalized spacial score (nSPS) is 11.5. The molecule has 0 spiro atoms. The van der Waals surface area contributed by atoms with Gasteiger partial charge in [-0.1, -0.05) is 135 Å². The highest BCUT2D eigenvalue weighted by Crippen LogP contribution is 2.15. The van der Waals surface area contributed by atoms with Crippen LogP contribution in [0.1, 0.15) is 142 Å². The smallest absolute Gasteiger partial charge is 0.0245 e. The van der Waals surface area contributed by atoms with Crippen molar-refractivity contribution in [3.05, 3.63) is 6.54 Å². The van der Waals surface area contributed by atoms with Gasteiger partial charge in [-0.15, -0.1) is 0 Å². The number of hydrogen-bond acceptors (Lipinski definition) is 1. The molecule has 0 aromatic heterocycles. The maximum atomic E-state index is 2.30. The third kappa shape index (κ3) is 24.0. The number of hydrogen-bond donors (Lipinski definition) is 0. The van der Waals surface area contributed by atoms with Crippen molar-refractivity contribution < 1.29 is 0 Å². The molecule has 0 unspecified atom stereocenters. The first kappa shape index (κ1) is 26.0. The molecule has 0 heterocycles. The van der Waals surface area contributed by atoms with E-state index in [0.717, 1.165) is 0 Å². The van der Waals surface area contributed by atoms with Crippen molar-refractivity contribution in [3.8, 4) is 0 Å². The van der Waals surface area contributed by atoms with Gasteiger partial charge < -0.3 is 4.90 Å². The van der Waals surface area contributed by atoms with E-state index in [9.17, 15) is 0 Å². The molecule has 1 nitrogen and oxygen atoms in total. The molecule has 1 heteroatoms. The predicted molar refractivity (Wildman–Crippen MR) is 121 cm³/mol. The second-order valence-electron chi connectivity index (χ2n) is 8.65. The molecule has 0 saturated heterocycles. The van der Waals surface area contributed by atoms with Crippen molar-refractivity contribution in [2.75, 3.05) is 14.1 Å². The summed E-state index contributed by atoms with van der Waals surface area (Å²) in [5, 5.41) is 0. The molecule has 1 radical (unpaired) electrons. The molecule has 0 aromatic rings. The monoisotopic (exact) mass is 366 g/mol. The molecular formula is C25H52N. The summed E-state index contributed by atoms with van der Waals surface area (Å²) in [7, 11) is 4.24. The van der Waals surface area contributed by atoms with Gasteiger partial charge in [-0.05, 0) is 20.5 Å². The average Bonchev–Trinajstić information content (AvgIpc) is 2.62. The first-order chi connectivity index (χ1) is 12.8. The summed E-state index contributed by atoms with van der Waals surface area (Å²) in [5.41, 5.74) is 0. The molecule has 0 fully saturated rings. The minimum absolute atomic E-state index is 1.26. The lowest BCUT2D eigenvalue weighted by Crippen LogP contribution is -2.06. The van der Waals surface area contributed by atoms with Crippen molar-refractivity contribution in [2.45, 2.75) is 142 Å². The van der Waals surface area contributed by atoms with Crippen molar-refractivity contribution >= 4 is 0 Å². The average molecular weight is 367 g/mol. The molecule has 0 aromatic carbocycles. The second-order valence-corrected chi connectivity index (χ2v) is 8.65.